The second-order valence-corrected chi connectivity index (χ2v) is 5.62. The Morgan fingerprint density at radius 2 is 1.94 bits per heavy atom. The van der Waals surface area contributed by atoms with Gasteiger partial charge in [0.25, 0.3) is 0 Å². The first-order valence-electron chi connectivity index (χ1n) is 5.15. The van der Waals surface area contributed by atoms with Gasteiger partial charge < -0.3 is 5.11 Å². The topological polar surface area (TPSA) is 83.5 Å². The van der Waals surface area contributed by atoms with E-state index in [9.17, 15) is 13.2 Å². The molecule has 0 radical (unpaired) electrons. The van der Waals surface area contributed by atoms with E-state index >= 15 is 0 Å². The predicted molar refractivity (Wildman–Crippen MR) is 64.2 cm³/mol. The average molecular weight is 257 g/mol. The second kappa shape index (κ2) is 5.79. The molecule has 0 amide bonds. The van der Waals surface area contributed by atoms with Crippen molar-refractivity contribution in [1.82, 2.24) is 4.72 Å². The molecule has 0 heterocycles. The van der Waals surface area contributed by atoms with Gasteiger partial charge in [0.05, 0.1) is 0 Å². The molecule has 1 aromatic rings. The van der Waals surface area contributed by atoms with Crippen LogP contribution in [0, 0.1) is 0 Å². The molecule has 0 saturated heterocycles. The zero-order valence-electron chi connectivity index (χ0n) is 9.46. The fourth-order valence-corrected chi connectivity index (χ4v) is 2.62. The van der Waals surface area contributed by atoms with Gasteiger partial charge in [0.15, 0.2) is 5.75 Å². The molecule has 0 aliphatic rings. The van der Waals surface area contributed by atoms with E-state index in [4.69, 9.17) is 5.11 Å². The number of carboxylic acid groups (broad SMARTS) is 1. The van der Waals surface area contributed by atoms with Crippen LogP contribution in [0.1, 0.15) is 12.5 Å². The summed E-state index contributed by atoms with van der Waals surface area (Å²) in [6.45, 7) is 1.70. The molecule has 0 aliphatic carbocycles. The lowest BCUT2D eigenvalue weighted by Gasteiger charge is -2.13. The first-order valence-corrected chi connectivity index (χ1v) is 6.80. The summed E-state index contributed by atoms with van der Waals surface area (Å²) in [5.41, 5.74) is 0.998. The standard InChI is InChI=1S/C11H15NO4S/c1-9(7-10-5-3-2-4-6-10)12-17(15,16)8-11(13)14/h2-6,9,12H,7-8H2,1H3,(H,13,14). The van der Waals surface area contributed by atoms with Crippen LogP contribution in [-0.2, 0) is 21.2 Å². The quantitative estimate of drug-likeness (QED) is 0.782. The first-order chi connectivity index (χ1) is 7.89. The van der Waals surface area contributed by atoms with E-state index in [2.05, 4.69) is 4.72 Å². The molecule has 2 N–H and O–H groups in total. The van der Waals surface area contributed by atoms with Crippen molar-refractivity contribution in [2.24, 2.45) is 0 Å². The van der Waals surface area contributed by atoms with Gasteiger partial charge in [0, 0.05) is 6.04 Å². The maximum absolute atomic E-state index is 11.3. The Labute approximate surface area is 101 Å². The fraction of sp³-hybridized carbons (Fsp3) is 0.364. The molecule has 1 aromatic carbocycles. The Morgan fingerprint density at radius 1 is 1.35 bits per heavy atom. The van der Waals surface area contributed by atoms with Crippen molar-refractivity contribution in [2.45, 2.75) is 19.4 Å². The van der Waals surface area contributed by atoms with Crippen molar-refractivity contribution in [3.05, 3.63) is 35.9 Å². The van der Waals surface area contributed by atoms with Gasteiger partial charge in [-0.1, -0.05) is 30.3 Å². The molecule has 0 bridgehead atoms. The zero-order valence-corrected chi connectivity index (χ0v) is 10.3. The summed E-state index contributed by atoms with van der Waals surface area (Å²) in [7, 11) is -3.75. The Hall–Kier alpha value is -1.40. The third-order valence-corrected chi connectivity index (χ3v) is 3.47. The molecule has 1 unspecified atom stereocenters. The maximum atomic E-state index is 11.3. The minimum atomic E-state index is -3.75. The zero-order chi connectivity index (χ0) is 12.9. The van der Waals surface area contributed by atoms with Gasteiger partial charge in [0.1, 0.15) is 0 Å². The van der Waals surface area contributed by atoms with Crippen LogP contribution < -0.4 is 4.72 Å². The molecular formula is C11H15NO4S. The van der Waals surface area contributed by atoms with Crippen LogP contribution in [0.4, 0.5) is 0 Å². The number of hydrogen-bond donors (Lipinski definition) is 2. The van der Waals surface area contributed by atoms with Crippen LogP contribution in [0.25, 0.3) is 0 Å². The lowest BCUT2D eigenvalue weighted by molar-refractivity contribution is -0.134. The molecule has 1 rings (SSSR count). The van der Waals surface area contributed by atoms with E-state index in [0.717, 1.165) is 5.56 Å². The average Bonchev–Trinajstić information content (AvgIpc) is 2.15. The van der Waals surface area contributed by atoms with E-state index in [-0.39, 0.29) is 6.04 Å². The Morgan fingerprint density at radius 3 is 2.47 bits per heavy atom. The van der Waals surface area contributed by atoms with Gasteiger partial charge in [-0.15, -0.1) is 0 Å². The van der Waals surface area contributed by atoms with Crippen molar-refractivity contribution in [2.75, 3.05) is 5.75 Å². The van der Waals surface area contributed by atoms with Gasteiger partial charge >= 0.3 is 5.97 Å². The Kier molecular flexibility index (Phi) is 4.65. The van der Waals surface area contributed by atoms with Gasteiger partial charge in [-0.2, -0.15) is 0 Å². The highest BCUT2D eigenvalue weighted by Gasteiger charge is 2.18. The number of nitrogens with one attached hydrogen (secondary N) is 1. The summed E-state index contributed by atoms with van der Waals surface area (Å²) in [6.07, 6.45) is 0.527. The van der Waals surface area contributed by atoms with Crippen LogP contribution in [-0.4, -0.2) is 31.3 Å². The monoisotopic (exact) mass is 257 g/mol. The van der Waals surface area contributed by atoms with Crippen molar-refractivity contribution in [1.29, 1.82) is 0 Å². The summed E-state index contributed by atoms with van der Waals surface area (Å²) in [5, 5.41) is 8.43. The van der Waals surface area contributed by atoms with Crippen LogP contribution in [0.5, 0.6) is 0 Å². The lowest BCUT2D eigenvalue weighted by atomic mass is 10.1. The summed E-state index contributed by atoms with van der Waals surface area (Å²) in [4.78, 5) is 10.3. The van der Waals surface area contributed by atoms with Crippen LogP contribution in [0.3, 0.4) is 0 Å². The molecule has 0 saturated carbocycles. The first kappa shape index (κ1) is 13.7. The second-order valence-electron chi connectivity index (χ2n) is 3.86. The van der Waals surface area contributed by atoms with Gasteiger partial charge in [0.2, 0.25) is 10.0 Å². The number of carboxylic acids is 1. The third kappa shape index (κ3) is 5.46. The highest BCUT2D eigenvalue weighted by atomic mass is 32.2. The van der Waals surface area contributed by atoms with Gasteiger partial charge in [-0.25, -0.2) is 13.1 Å². The highest BCUT2D eigenvalue weighted by molar-refractivity contribution is 7.90. The van der Waals surface area contributed by atoms with Crippen molar-refractivity contribution in [3.8, 4) is 0 Å². The molecule has 0 fully saturated rings. The SMILES string of the molecule is CC(Cc1ccccc1)NS(=O)(=O)CC(=O)O. The molecular weight excluding hydrogens is 242 g/mol. The molecule has 0 aliphatic heterocycles. The smallest absolute Gasteiger partial charge is 0.320 e. The summed E-state index contributed by atoms with van der Waals surface area (Å²) < 4.78 is 25.0. The van der Waals surface area contributed by atoms with E-state index in [0.29, 0.717) is 6.42 Å². The van der Waals surface area contributed by atoms with Crippen LogP contribution >= 0.6 is 0 Å². The van der Waals surface area contributed by atoms with Crippen molar-refractivity contribution >= 4 is 16.0 Å². The van der Waals surface area contributed by atoms with Crippen molar-refractivity contribution in [3.63, 3.8) is 0 Å². The molecule has 6 heteroatoms. The van der Waals surface area contributed by atoms with E-state index in [1.54, 1.807) is 6.92 Å². The van der Waals surface area contributed by atoms with E-state index < -0.39 is 21.7 Å². The van der Waals surface area contributed by atoms with E-state index in [1.807, 2.05) is 30.3 Å². The molecule has 0 spiro atoms. The molecule has 94 valence electrons. The van der Waals surface area contributed by atoms with Crippen LogP contribution in [0.2, 0.25) is 0 Å². The van der Waals surface area contributed by atoms with Gasteiger partial charge in [-0.05, 0) is 18.9 Å². The summed E-state index contributed by atoms with van der Waals surface area (Å²) >= 11 is 0. The normalized spacial score (nSPS) is 13.2. The number of benzene rings is 1. The Balaban J connectivity index is 2.55. The largest absolute Gasteiger partial charge is 0.480 e. The third-order valence-electron chi connectivity index (χ3n) is 2.08. The number of aliphatic carboxylic acids is 1. The summed E-state index contributed by atoms with van der Waals surface area (Å²) in [6, 6.07) is 9.07. The number of carbonyl (C=O) groups is 1. The minimum absolute atomic E-state index is 0.332. The predicted octanol–water partition coefficient (Wildman–Crippen LogP) is 0.622. The highest BCUT2D eigenvalue weighted by Crippen LogP contribution is 2.03. The maximum Gasteiger partial charge on any atom is 0.320 e. The number of hydrogen-bond acceptors (Lipinski definition) is 3. The molecule has 0 aromatic heterocycles. The fourth-order valence-electron chi connectivity index (χ4n) is 1.52. The van der Waals surface area contributed by atoms with Gasteiger partial charge in [-0.3, -0.25) is 4.79 Å². The number of rotatable bonds is 6. The van der Waals surface area contributed by atoms with Crippen LogP contribution in [0.15, 0.2) is 30.3 Å². The summed E-state index contributed by atoms with van der Waals surface area (Å²) in [5.74, 6) is -2.25. The van der Waals surface area contributed by atoms with Crippen molar-refractivity contribution < 1.29 is 18.3 Å². The molecule has 17 heavy (non-hydrogen) atoms. The van der Waals surface area contributed by atoms with E-state index in [1.165, 1.54) is 0 Å². The number of sulfonamides is 1. The minimum Gasteiger partial charge on any atom is -0.480 e. The molecule has 1 atom stereocenters. The Bertz CT molecular complexity index is 470. The lowest BCUT2D eigenvalue weighted by Crippen LogP contribution is -2.37. The molecule has 5 nitrogen and oxygen atoms in total.